The van der Waals surface area contributed by atoms with E-state index in [2.05, 4.69) is 36.0 Å². The van der Waals surface area contributed by atoms with Crippen LogP contribution in [0.15, 0.2) is 64.3 Å². The van der Waals surface area contributed by atoms with E-state index in [9.17, 15) is 4.79 Å². The number of pyridine rings is 1. The van der Waals surface area contributed by atoms with Gasteiger partial charge in [-0.1, -0.05) is 18.2 Å². The number of hydrazone groups is 1. The molecular formula is C19H17BrN4O. The topological polar surface area (TPSA) is 59.3 Å². The van der Waals surface area contributed by atoms with Crippen molar-refractivity contribution >= 4 is 28.1 Å². The van der Waals surface area contributed by atoms with E-state index in [4.69, 9.17) is 0 Å². The Kier molecular flexibility index (Phi) is 5.09. The van der Waals surface area contributed by atoms with Crippen LogP contribution in [-0.4, -0.2) is 21.7 Å². The molecule has 1 aromatic carbocycles. The number of hydrogen-bond acceptors (Lipinski definition) is 3. The highest BCUT2D eigenvalue weighted by atomic mass is 79.9. The maximum atomic E-state index is 12.2. The van der Waals surface area contributed by atoms with Gasteiger partial charge < -0.3 is 4.57 Å². The second kappa shape index (κ2) is 7.44. The van der Waals surface area contributed by atoms with E-state index in [-0.39, 0.29) is 5.91 Å². The molecule has 3 aromatic rings. The number of nitrogens with zero attached hydrogens (tertiary/aromatic N) is 3. The van der Waals surface area contributed by atoms with Crippen molar-refractivity contribution in [1.82, 2.24) is 15.0 Å². The monoisotopic (exact) mass is 396 g/mol. The van der Waals surface area contributed by atoms with E-state index in [1.54, 1.807) is 18.5 Å². The molecule has 25 heavy (non-hydrogen) atoms. The van der Waals surface area contributed by atoms with Gasteiger partial charge in [0.25, 0.3) is 5.91 Å². The summed E-state index contributed by atoms with van der Waals surface area (Å²) in [4.78, 5) is 16.5. The average Bonchev–Trinajstić information content (AvgIpc) is 2.89. The lowest BCUT2D eigenvalue weighted by molar-refractivity contribution is 0.0954. The molecule has 0 fully saturated rings. The molecule has 6 heteroatoms. The van der Waals surface area contributed by atoms with Crippen molar-refractivity contribution in [2.24, 2.45) is 5.10 Å². The third-order valence-corrected chi connectivity index (χ3v) is 4.53. The molecule has 0 spiro atoms. The van der Waals surface area contributed by atoms with Crippen LogP contribution in [0.4, 0.5) is 0 Å². The van der Waals surface area contributed by atoms with Crippen molar-refractivity contribution in [1.29, 1.82) is 0 Å². The lowest BCUT2D eigenvalue weighted by atomic mass is 10.2. The predicted molar refractivity (Wildman–Crippen MR) is 102 cm³/mol. The van der Waals surface area contributed by atoms with Gasteiger partial charge in [-0.25, -0.2) is 10.4 Å². The lowest BCUT2D eigenvalue weighted by Crippen LogP contribution is -2.18. The molecular weight excluding hydrogens is 380 g/mol. The molecule has 0 atom stereocenters. The molecule has 0 saturated carbocycles. The third kappa shape index (κ3) is 3.69. The summed E-state index contributed by atoms with van der Waals surface area (Å²) < 4.78 is 2.78. The van der Waals surface area contributed by atoms with Crippen LogP contribution in [-0.2, 0) is 0 Å². The van der Waals surface area contributed by atoms with Gasteiger partial charge in [-0.15, -0.1) is 0 Å². The highest BCUT2D eigenvalue weighted by Crippen LogP contribution is 2.18. The highest BCUT2D eigenvalue weighted by molar-refractivity contribution is 9.10. The van der Waals surface area contributed by atoms with Gasteiger partial charge in [0.05, 0.1) is 11.8 Å². The van der Waals surface area contributed by atoms with Gasteiger partial charge in [-0.05, 0) is 60.1 Å². The molecule has 0 aliphatic carbocycles. The molecule has 0 saturated heterocycles. The van der Waals surface area contributed by atoms with E-state index < -0.39 is 0 Å². The average molecular weight is 397 g/mol. The number of benzene rings is 1. The maximum absolute atomic E-state index is 12.2. The van der Waals surface area contributed by atoms with Crippen LogP contribution in [0, 0.1) is 13.8 Å². The standard InChI is InChI=1S/C19H17BrN4O/c1-13-11-15(14(2)24(13)18-9-5-6-10-21-18)12-22-23-19(25)16-7-3-4-8-17(16)20/h3-12H,1-2H3,(H,23,25)/b22-12-. The minimum atomic E-state index is -0.262. The second-order valence-corrected chi connectivity index (χ2v) is 6.38. The van der Waals surface area contributed by atoms with Gasteiger partial charge in [-0.2, -0.15) is 5.10 Å². The normalized spacial score (nSPS) is 11.0. The summed E-state index contributed by atoms with van der Waals surface area (Å²) in [6, 6.07) is 15.0. The Bertz CT molecular complexity index is 932. The number of halogens is 1. The highest BCUT2D eigenvalue weighted by Gasteiger charge is 2.11. The molecule has 0 bridgehead atoms. The van der Waals surface area contributed by atoms with Gasteiger partial charge in [0.15, 0.2) is 0 Å². The lowest BCUT2D eigenvalue weighted by Gasteiger charge is -2.07. The summed E-state index contributed by atoms with van der Waals surface area (Å²) in [6.07, 6.45) is 3.41. The summed E-state index contributed by atoms with van der Waals surface area (Å²) in [7, 11) is 0. The Labute approximate surface area is 154 Å². The fourth-order valence-corrected chi connectivity index (χ4v) is 3.09. The minimum absolute atomic E-state index is 0.262. The van der Waals surface area contributed by atoms with Gasteiger partial charge in [0.1, 0.15) is 5.82 Å². The number of aromatic nitrogens is 2. The summed E-state index contributed by atoms with van der Waals surface area (Å²) in [6.45, 7) is 4.01. The largest absolute Gasteiger partial charge is 0.303 e. The Morgan fingerprint density at radius 3 is 2.68 bits per heavy atom. The van der Waals surface area contributed by atoms with Gasteiger partial charge in [0.2, 0.25) is 0 Å². The third-order valence-electron chi connectivity index (χ3n) is 3.84. The zero-order valence-electron chi connectivity index (χ0n) is 13.9. The first kappa shape index (κ1) is 17.1. The van der Waals surface area contributed by atoms with E-state index in [1.165, 1.54) is 0 Å². The molecule has 126 valence electrons. The van der Waals surface area contributed by atoms with Crippen molar-refractivity contribution in [2.75, 3.05) is 0 Å². The zero-order chi connectivity index (χ0) is 17.8. The van der Waals surface area contributed by atoms with Crippen LogP contribution < -0.4 is 5.43 Å². The van der Waals surface area contributed by atoms with Crippen LogP contribution in [0.3, 0.4) is 0 Å². The number of hydrogen-bond donors (Lipinski definition) is 1. The first-order valence-electron chi connectivity index (χ1n) is 7.76. The Morgan fingerprint density at radius 2 is 1.96 bits per heavy atom. The van der Waals surface area contributed by atoms with Crippen molar-refractivity contribution in [3.63, 3.8) is 0 Å². The van der Waals surface area contributed by atoms with Crippen molar-refractivity contribution in [3.05, 3.63) is 81.7 Å². The van der Waals surface area contributed by atoms with E-state index in [0.29, 0.717) is 5.56 Å². The quantitative estimate of drug-likeness (QED) is 0.534. The zero-order valence-corrected chi connectivity index (χ0v) is 15.5. The number of nitrogens with one attached hydrogen (secondary N) is 1. The van der Waals surface area contributed by atoms with E-state index in [0.717, 1.165) is 27.2 Å². The maximum Gasteiger partial charge on any atom is 0.272 e. The second-order valence-electron chi connectivity index (χ2n) is 5.53. The van der Waals surface area contributed by atoms with Crippen molar-refractivity contribution < 1.29 is 4.79 Å². The Morgan fingerprint density at radius 1 is 1.20 bits per heavy atom. The Hall–Kier alpha value is -2.73. The summed E-state index contributed by atoms with van der Waals surface area (Å²) in [5.74, 6) is 0.594. The molecule has 1 N–H and O–H groups in total. The SMILES string of the molecule is Cc1cc(/C=N\NC(=O)c2ccccc2Br)c(C)n1-c1ccccn1. The van der Waals surface area contributed by atoms with Crippen LogP contribution in [0.1, 0.15) is 27.3 Å². The molecule has 3 rings (SSSR count). The molecule has 5 nitrogen and oxygen atoms in total. The summed E-state index contributed by atoms with van der Waals surface area (Å²) in [5.41, 5.74) is 6.09. The van der Waals surface area contributed by atoms with Gasteiger partial charge in [0, 0.05) is 27.6 Å². The number of rotatable bonds is 4. The number of amides is 1. The summed E-state index contributed by atoms with van der Waals surface area (Å²) >= 11 is 3.36. The van der Waals surface area contributed by atoms with Crippen molar-refractivity contribution in [3.8, 4) is 5.82 Å². The van der Waals surface area contributed by atoms with E-state index >= 15 is 0 Å². The Balaban J connectivity index is 1.79. The molecule has 0 unspecified atom stereocenters. The van der Waals surface area contributed by atoms with Crippen LogP contribution in [0.25, 0.3) is 5.82 Å². The number of carbonyl (C=O) groups excluding carboxylic acids is 1. The molecule has 1 amide bonds. The van der Waals surface area contributed by atoms with Crippen LogP contribution >= 0.6 is 15.9 Å². The predicted octanol–water partition coefficient (Wildman–Crippen LogP) is 4.02. The fraction of sp³-hybridized carbons (Fsp3) is 0.105. The molecule has 0 aliphatic heterocycles. The van der Waals surface area contributed by atoms with Gasteiger partial charge in [-0.3, -0.25) is 4.79 Å². The first-order chi connectivity index (χ1) is 12.1. The van der Waals surface area contributed by atoms with Crippen LogP contribution in [0.2, 0.25) is 0 Å². The molecule has 2 heterocycles. The number of carbonyl (C=O) groups is 1. The molecule has 0 aliphatic rings. The summed E-state index contributed by atoms with van der Waals surface area (Å²) in [5, 5.41) is 4.09. The van der Waals surface area contributed by atoms with Crippen LogP contribution in [0.5, 0.6) is 0 Å². The van der Waals surface area contributed by atoms with Crippen molar-refractivity contribution in [2.45, 2.75) is 13.8 Å². The smallest absolute Gasteiger partial charge is 0.272 e. The first-order valence-corrected chi connectivity index (χ1v) is 8.55. The van der Waals surface area contributed by atoms with Gasteiger partial charge >= 0.3 is 0 Å². The minimum Gasteiger partial charge on any atom is -0.303 e. The molecule has 0 radical (unpaired) electrons. The fourth-order valence-electron chi connectivity index (χ4n) is 2.62. The molecule has 2 aromatic heterocycles. The van der Waals surface area contributed by atoms with E-state index in [1.807, 2.05) is 56.3 Å². The number of aryl methyl sites for hydroxylation is 1.